The highest BCUT2D eigenvalue weighted by molar-refractivity contribution is 8.24. The maximum Gasteiger partial charge on any atom is 0.119 e. The van der Waals surface area contributed by atoms with Crippen LogP contribution >= 0.6 is 24.0 Å². The summed E-state index contributed by atoms with van der Waals surface area (Å²) in [7, 11) is 0. The van der Waals surface area contributed by atoms with Crippen LogP contribution in [0.4, 0.5) is 0 Å². The molecule has 40 heavy (non-hydrogen) atoms. The number of aliphatic imine (C=N–C) groups is 1. The first-order chi connectivity index (χ1) is 19.3. The molecule has 0 radical (unpaired) electrons. The lowest BCUT2D eigenvalue weighted by atomic mass is 9.96. The zero-order chi connectivity index (χ0) is 28.4. The number of hydrogen-bond donors (Lipinski definition) is 0. The molecule has 204 valence electrons. The summed E-state index contributed by atoms with van der Waals surface area (Å²) < 4.78 is 6.76. The van der Waals surface area contributed by atoms with E-state index < -0.39 is 0 Å². The summed E-state index contributed by atoms with van der Waals surface area (Å²) in [5.41, 5.74) is 7.01. The Kier molecular flexibility index (Phi) is 10.5. The molecule has 0 aromatic heterocycles. The quantitative estimate of drug-likeness (QED) is 0.126. The van der Waals surface area contributed by atoms with E-state index in [1.54, 1.807) is 11.8 Å². The van der Waals surface area contributed by atoms with Gasteiger partial charge in [0.1, 0.15) is 12.4 Å². The first-order valence-corrected chi connectivity index (χ1v) is 14.9. The number of nitrogens with zero attached hydrogens (tertiary/aromatic N) is 1. The lowest BCUT2D eigenvalue weighted by Crippen LogP contribution is -2.15. The van der Waals surface area contributed by atoms with Gasteiger partial charge in [-0.25, -0.2) is 0 Å². The van der Waals surface area contributed by atoms with E-state index in [0.29, 0.717) is 12.5 Å². The number of thiocarbonyl (C=S) groups is 1. The Labute approximate surface area is 249 Å². The minimum Gasteiger partial charge on any atom is -0.489 e. The Hall–Kier alpha value is -3.47. The second-order valence-electron chi connectivity index (χ2n) is 10.4. The lowest BCUT2D eigenvalue weighted by molar-refractivity contribution is 0.306. The van der Waals surface area contributed by atoms with Crippen LogP contribution in [0.25, 0.3) is 6.08 Å². The van der Waals surface area contributed by atoms with Crippen molar-refractivity contribution in [3.63, 3.8) is 0 Å². The number of rotatable bonds is 12. The van der Waals surface area contributed by atoms with E-state index in [0.717, 1.165) is 45.2 Å². The van der Waals surface area contributed by atoms with Crippen LogP contribution in [0, 0.1) is 0 Å². The monoisotopic (exact) mass is 563 g/mol. The molecule has 4 aromatic rings. The van der Waals surface area contributed by atoms with E-state index in [1.165, 1.54) is 11.1 Å². The van der Waals surface area contributed by atoms with E-state index >= 15 is 0 Å². The normalized spacial score (nSPS) is 12.3. The first kappa shape index (κ1) is 29.5. The Morgan fingerprint density at radius 2 is 1.62 bits per heavy atom. The summed E-state index contributed by atoms with van der Waals surface area (Å²) in [6.07, 6.45) is 4.76. The third-order valence-corrected chi connectivity index (χ3v) is 8.59. The first-order valence-electron chi connectivity index (χ1n) is 13.7. The second-order valence-corrected chi connectivity index (χ2v) is 12.7. The van der Waals surface area contributed by atoms with Gasteiger partial charge in [0.2, 0.25) is 0 Å². The molecule has 0 aliphatic rings. The molecular formula is C36H37NOS2. The van der Waals surface area contributed by atoms with Crippen molar-refractivity contribution >= 4 is 40.5 Å². The van der Waals surface area contributed by atoms with Crippen molar-refractivity contribution in [3.8, 4) is 5.75 Å². The van der Waals surface area contributed by atoms with Crippen LogP contribution < -0.4 is 4.74 Å². The van der Waals surface area contributed by atoms with Crippen molar-refractivity contribution in [2.75, 3.05) is 6.54 Å². The summed E-state index contributed by atoms with van der Waals surface area (Å²) in [6, 6.07) is 35.5. The van der Waals surface area contributed by atoms with E-state index in [1.807, 2.05) is 48.7 Å². The van der Waals surface area contributed by atoms with Crippen LogP contribution in [0.3, 0.4) is 0 Å². The minimum atomic E-state index is -0.0865. The zero-order valence-corrected chi connectivity index (χ0v) is 25.2. The number of hydrogen-bond acceptors (Lipinski definition) is 4. The van der Waals surface area contributed by atoms with Crippen LogP contribution in [-0.2, 0) is 11.4 Å². The Balaban J connectivity index is 1.25. The van der Waals surface area contributed by atoms with Gasteiger partial charge in [-0.05, 0) is 89.9 Å². The van der Waals surface area contributed by atoms with Gasteiger partial charge in [0, 0.05) is 17.5 Å². The van der Waals surface area contributed by atoms with Crippen LogP contribution in [0.15, 0.2) is 115 Å². The average molecular weight is 564 g/mol. The number of ether oxygens (including phenoxy) is 1. The van der Waals surface area contributed by atoms with E-state index in [-0.39, 0.29) is 4.75 Å². The van der Waals surface area contributed by atoms with Gasteiger partial charge in [-0.15, -0.1) is 11.8 Å². The molecule has 0 heterocycles. The topological polar surface area (TPSA) is 21.6 Å². The lowest BCUT2D eigenvalue weighted by Gasteiger charge is -2.25. The summed E-state index contributed by atoms with van der Waals surface area (Å²) >= 11 is 7.61. The van der Waals surface area contributed by atoms with Crippen LogP contribution in [-0.4, -0.2) is 17.0 Å². The molecule has 0 aliphatic heterocycles. The van der Waals surface area contributed by atoms with Crippen molar-refractivity contribution in [2.45, 2.75) is 44.5 Å². The molecule has 0 saturated heterocycles. The van der Waals surface area contributed by atoms with Gasteiger partial charge in [-0.3, -0.25) is 4.99 Å². The van der Waals surface area contributed by atoms with Gasteiger partial charge in [0.15, 0.2) is 0 Å². The highest BCUT2D eigenvalue weighted by Gasteiger charge is 2.24. The highest BCUT2D eigenvalue weighted by Crippen LogP contribution is 2.38. The molecule has 4 aromatic carbocycles. The summed E-state index contributed by atoms with van der Waals surface area (Å²) in [5, 5.41) is 0. The van der Waals surface area contributed by atoms with Crippen molar-refractivity contribution in [2.24, 2.45) is 4.99 Å². The third kappa shape index (κ3) is 8.51. The van der Waals surface area contributed by atoms with E-state index in [9.17, 15) is 0 Å². The number of thioether (sulfide) groups is 1. The molecule has 0 fully saturated rings. The van der Waals surface area contributed by atoms with Crippen LogP contribution in [0.1, 0.15) is 66.5 Å². The van der Waals surface area contributed by atoms with Gasteiger partial charge < -0.3 is 4.74 Å². The predicted molar refractivity (Wildman–Crippen MR) is 178 cm³/mol. The molecule has 4 rings (SSSR count). The molecule has 1 unspecified atom stereocenters. The van der Waals surface area contributed by atoms with Crippen LogP contribution in [0.5, 0.6) is 5.75 Å². The molecule has 0 aliphatic carbocycles. The van der Waals surface area contributed by atoms with Gasteiger partial charge in [0.25, 0.3) is 0 Å². The summed E-state index contributed by atoms with van der Waals surface area (Å²) in [5.74, 6) is 1.24. The fraction of sp³-hybridized carbons (Fsp3) is 0.222. The van der Waals surface area contributed by atoms with Crippen molar-refractivity contribution in [1.82, 2.24) is 0 Å². The van der Waals surface area contributed by atoms with E-state index in [4.69, 9.17) is 17.0 Å². The number of benzene rings is 4. The summed E-state index contributed by atoms with van der Waals surface area (Å²) in [6.45, 7) is 11.8. The maximum absolute atomic E-state index is 5.92. The van der Waals surface area contributed by atoms with Crippen molar-refractivity contribution in [3.05, 3.63) is 143 Å². The summed E-state index contributed by atoms with van der Waals surface area (Å²) in [4.78, 5) is 4.68. The Bertz CT molecular complexity index is 1420. The second kappa shape index (κ2) is 14.2. The van der Waals surface area contributed by atoms with E-state index in [2.05, 4.69) is 99.1 Å². The van der Waals surface area contributed by atoms with Crippen molar-refractivity contribution in [1.29, 1.82) is 0 Å². The SMILES string of the molecule is C=Cc1ccc(COc2ccc(/C=N\CCC(C)c3cccc(C(=S)SC(C)(C)c4ccccc4)c3)cc2)cc1. The fourth-order valence-electron chi connectivity index (χ4n) is 4.33. The maximum atomic E-state index is 5.92. The molecule has 0 N–H and O–H groups in total. The third-order valence-electron chi connectivity index (χ3n) is 6.94. The molecule has 4 heteroatoms. The standard InChI is InChI=1S/C36H37NOS2/c1-5-28-14-16-30(17-15-28)26-38-34-20-18-29(19-21-34)25-37-23-22-27(2)31-10-9-11-32(24-31)35(39)40-36(3,4)33-12-7-6-8-13-33/h5-21,24-25,27H,1,22-23,26H2,2-4H3/b37-25-. The molecule has 1 atom stereocenters. The van der Waals surface area contributed by atoms with Gasteiger partial charge in [-0.2, -0.15) is 0 Å². The average Bonchev–Trinajstić information content (AvgIpc) is 2.99. The zero-order valence-electron chi connectivity index (χ0n) is 23.5. The molecule has 0 spiro atoms. The molecule has 0 bridgehead atoms. The molecule has 0 saturated carbocycles. The Morgan fingerprint density at radius 3 is 2.33 bits per heavy atom. The minimum absolute atomic E-state index is 0.0865. The Morgan fingerprint density at radius 1 is 0.925 bits per heavy atom. The smallest absolute Gasteiger partial charge is 0.119 e. The molecule has 2 nitrogen and oxygen atoms in total. The predicted octanol–water partition coefficient (Wildman–Crippen LogP) is 9.87. The highest BCUT2D eigenvalue weighted by atomic mass is 32.2. The van der Waals surface area contributed by atoms with Crippen molar-refractivity contribution < 1.29 is 4.74 Å². The van der Waals surface area contributed by atoms with Gasteiger partial charge >= 0.3 is 0 Å². The van der Waals surface area contributed by atoms with Crippen LogP contribution in [0.2, 0.25) is 0 Å². The van der Waals surface area contributed by atoms with Gasteiger partial charge in [0.05, 0.1) is 4.20 Å². The fourth-order valence-corrected chi connectivity index (χ4v) is 6.05. The van der Waals surface area contributed by atoms with Gasteiger partial charge in [-0.1, -0.05) is 105 Å². The molecular weight excluding hydrogens is 527 g/mol. The largest absolute Gasteiger partial charge is 0.489 e. The molecule has 0 amide bonds.